The summed E-state index contributed by atoms with van der Waals surface area (Å²) < 4.78 is 28.6. The number of aliphatic hydroxyl groups excluding tert-OH is 1. The Hall–Kier alpha value is -4.17. The molecule has 5 rings (SSSR count). The van der Waals surface area contributed by atoms with Gasteiger partial charge in [-0.3, -0.25) is 4.68 Å². The number of aliphatic hydroxyl groups is 1. The van der Waals surface area contributed by atoms with Gasteiger partial charge in [0.2, 0.25) is 0 Å². The van der Waals surface area contributed by atoms with Gasteiger partial charge in [0.25, 0.3) is 0 Å². The molecule has 8 heteroatoms. The minimum Gasteiger partial charge on any atom is -0.493 e. The average molecular weight is 530 g/mol. The van der Waals surface area contributed by atoms with Crippen LogP contribution in [0.5, 0.6) is 5.75 Å². The summed E-state index contributed by atoms with van der Waals surface area (Å²) in [4.78, 5) is 16.2. The molecule has 202 valence electrons. The van der Waals surface area contributed by atoms with Crippen LogP contribution in [-0.4, -0.2) is 39.1 Å². The zero-order valence-corrected chi connectivity index (χ0v) is 22.4. The van der Waals surface area contributed by atoms with E-state index in [1.807, 2.05) is 49.4 Å². The number of rotatable bonds is 10. The highest BCUT2D eigenvalue weighted by Crippen LogP contribution is 2.38. The van der Waals surface area contributed by atoms with Crippen LogP contribution in [0.15, 0.2) is 54.6 Å². The summed E-state index contributed by atoms with van der Waals surface area (Å²) in [7, 11) is 1.78. The van der Waals surface area contributed by atoms with E-state index < -0.39 is 11.8 Å². The third-order valence-corrected chi connectivity index (χ3v) is 7.06. The molecule has 2 aromatic heterocycles. The van der Waals surface area contributed by atoms with Crippen molar-refractivity contribution in [1.82, 2.24) is 14.8 Å². The standard InChI is InChI=1S/C31H32FN3O4/c1-4-25-28(24(18-36)34-35(25)3)27-23(32)16-15-22-21(30(33-29(22)27)31(37)38-5-2)13-9-17-39-26-14-8-11-19-10-6-7-12-20(19)26/h6-8,10-12,14-16,33,36H,4-5,9,13,17-18H2,1-3H3. The van der Waals surface area contributed by atoms with E-state index >= 15 is 4.39 Å². The van der Waals surface area contributed by atoms with Crippen LogP contribution in [0.4, 0.5) is 4.39 Å². The van der Waals surface area contributed by atoms with Crippen molar-refractivity contribution in [1.29, 1.82) is 0 Å². The molecular weight excluding hydrogens is 497 g/mol. The van der Waals surface area contributed by atoms with Gasteiger partial charge in [0.05, 0.1) is 31.0 Å². The normalized spacial score (nSPS) is 11.4. The van der Waals surface area contributed by atoms with Gasteiger partial charge in [0.15, 0.2) is 0 Å². The highest BCUT2D eigenvalue weighted by molar-refractivity contribution is 6.04. The second-order valence-corrected chi connectivity index (χ2v) is 9.38. The summed E-state index contributed by atoms with van der Waals surface area (Å²) in [5.41, 5.74) is 3.56. The summed E-state index contributed by atoms with van der Waals surface area (Å²) in [5.74, 6) is -0.140. The van der Waals surface area contributed by atoms with Gasteiger partial charge < -0.3 is 19.6 Å². The zero-order valence-electron chi connectivity index (χ0n) is 22.4. The molecule has 0 atom stereocenters. The second-order valence-electron chi connectivity index (χ2n) is 9.38. The van der Waals surface area contributed by atoms with Gasteiger partial charge in [-0.05, 0) is 55.3 Å². The van der Waals surface area contributed by atoms with Crippen LogP contribution in [0.25, 0.3) is 32.8 Å². The fourth-order valence-corrected chi connectivity index (χ4v) is 5.35. The van der Waals surface area contributed by atoms with Crippen LogP contribution in [0.2, 0.25) is 0 Å². The Balaban J connectivity index is 1.52. The number of H-pyrrole nitrogens is 1. The van der Waals surface area contributed by atoms with Crippen molar-refractivity contribution in [2.45, 2.75) is 39.7 Å². The molecule has 0 aliphatic rings. The van der Waals surface area contributed by atoms with Gasteiger partial charge in [0, 0.05) is 34.6 Å². The molecule has 2 N–H and O–H groups in total. The largest absolute Gasteiger partial charge is 0.493 e. The summed E-state index contributed by atoms with van der Waals surface area (Å²) >= 11 is 0. The maximum Gasteiger partial charge on any atom is 0.355 e. The third kappa shape index (κ3) is 4.88. The summed E-state index contributed by atoms with van der Waals surface area (Å²) in [6.07, 6.45) is 1.74. The highest BCUT2D eigenvalue weighted by Gasteiger charge is 2.26. The van der Waals surface area contributed by atoms with Crippen LogP contribution in [0, 0.1) is 5.82 Å². The second kappa shape index (κ2) is 11.3. The zero-order chi connectivity index (χ0) is 27.5. The predicted octanol–water partition coefficient (Wildman–Crippen LogP) is 6.10. The molecule has 0 amide bonds. The minimum absolute atomic E-state index is 0.219. The van der Waals surface area contributed by atoms with E-state index in [0.717, 1.165) is 33.2 Å². The van der Waals surface area contributed by atoms with Crippen molar-refractivity contribution in [3.05, 3.63) is 83.1 Å². The van der Waals surface area contributed by atoms with E-state index in [4.69, 9.17) is 9.47 Å². The van der Waals surface area contributed by atoms with Crippen LogP contribution in [0.1, 0.15) is 47.7 Å². The number of esters is 1. The quantitative estimate of drug-likeness (QED) is 0.168. The van der Waals surface area contributed by atoms with E-state index in [1.54, 1.807) is 24.7 Å². The molecule has 0 bridgehead atoms. The lowest BCUT2D eigenvalue weighted by Gasteiger charge is -2.10. The minimum atomic E-state index is -0.491. The lowest BCUT2D eigenvalue weighted by atomic mass is 9.97. The lowest BCUT2D eigenvalue weighted by molar-refractivity contribution is 0.0519. The van der Waals surface area contributed by atoms with Gasteiger partial charge >= 0.3 is 5.97 Å². The fourth-order valence-electron chi connectivity index (χ4n) is 5.35. The Morgan fingerprint density at radius 2 is 1.85 bits per heavy atom. The first-order valence-electron chi connectivity index (χ1n) is 13.2. The molecule has 0 spiro atoms. The first-order valence-corrected chi connectivity index (χ1v) is 13.2. The Morgan fingerprint density at radius 1 is 1.05 bits per heavy atom. The van der Waals surface area contributed by atoms with Crippen molar-refractivity contribution in [2.75, 3.05) is 13.2 Å². The number of hydrogen-bond donors (Lipinski definition) is 2. The Kier molecular flexibility index (Phi) is 7.65. The van der Waals surface area contributed by atoms with Gasteiger partial charge in [0.1, 0.15) is 17.3 Å². The fraction of sp³-hybridized carbons (Fsp3) is 0.290. The maximum absolute atomic E-state index is 15.5. The van der Waals surface area contributed by atoms with Crippen LogP contribution >= 0.6 is 0 Å². The number of ether oxygens (including phenoxy) is 2. The number of benzene rings is 3. The van der Waals surface area contributed by atoms with Crippen molar-refractivity contribution in [3.63, 3.8) is 0 Å². The van der Waals surface area contributed by atoms with Crippen LogP contribution in [0.3, 0.4) is 0 Å². The Labute approximate surface area is 226 Å². The molecule has 2 heterocycles. The third-order valence-electron chi connectivity index (χ3n) is 7.06. The first kappa shape index (κ1) is 26.4. The number of aromatic nitrogens is 3. The van der Waals surface area contributed by atoms with Crippen LogP contribution < -0.4 is 4.74 Å². The Bertz CT molecular complexity index is 1650. The number of carbonyl (C=O) groups excluding carboxylic acids is 1. The predicted molar refractivity (Wildman–Crippen MR) is 149 cm³/mol. The first-order chi connectivity index (χ1) is 19.0. The van der Waals surface area contributed by atoms with E-state index in [0.29, 0.717) is 53.9 Å². The lowest BCUT2D eigenvalue weighted by Crippen LogP contribution is -2.09. The number of fused-ring (bicyclic) bond motifs is 2. The molecule has 0 aliphatic carbocycles. The molecule has 5 aromatic rings. The molecular formula is C31H32FN3O4. The van der Waals surface area contributed by atoms with Crippen molar-refractivity contribution in [3.8, 4) is 16.9 Å². The highest BCUT2D eigenvalue weighted by atomic mass is 19.1. The topological polar surface area (TPSA) is 89.4 Å². The summed E-state index contributed by atoms with van der Waals surface area (Å²) in [6, 6.07) is 17.1. The van der Waals surface area contributed by atoms with E-state index in [2.05, 4.69) is 10.1 Å². The monoisotopic (exact) mass is 529 g/mol. The summed E-state index contributed by atoms with van der Waals surface area (Å²) in [6.45, 7) is 4.03. The molecule has 3 aromatic carbocycles. The molecule has 7 nitrogen and oxygen atoms in total. The van der Waals surface area contributed by atoms with Gasteiger partial charge in [-0.15, -0.1) is 0 Å². The van der Waals surface area contributed by atoms with Crippen LogP contribution in [-0.2, 0) is 31.2 Å². The SMILES string of the molecule is CCOC(=O)c1[nH]c2c(-c3c(CO)nn(C)c3CC)c(F)ccc2c1CCCOc1cccc2ccccc12. The number of hydrogen-bond acceptors (Lipinski definition) is 5. The average Bonchev–Trinajstić information content (AvgIpc) is 3.47. The van der Waals surface area contributed by atoms with Gasteiger partial charge in [-0.2, -0.15) is 5.10 Å². The number of aromatic amines is 1. The number of nitrogens with one attached hydrogen (secondary N) is 1. The van der Waals surface area contributed by atoms with E-state index in [9.17, 15) is 9.90 Å². The van der Waals surface area contributed by atoms with Crippen molar-refractivity contribution >= 4 is 27.6 Å². The van der Waals surface area contributed by atoms with Crippen molar-refractivity contribution < 1.29 is 23.8 Å². The number of aryl methyl sites for hydroxylation is 2. The van der Waals surface area contributed by atoms with Gasteiger partial charge in [-0.25, -0.2) is 9.18 Å². The smallest absolute Gasteiger partial charge is 0.355 e. The molecule has 0 radical (unpaired) electrons. The van der Waals surface area contributed by atoms with E-state index in [-0.39, 0.29) is 13.2 Å². The number of nitrogens with zero attached hydrogens (tertiary/aromatic N) is 2. The number of halogens is 1. The molecule has 0 unspecified atom stereocenters. The number of carbonyl (C=O) groups is 1. The maximum atomic E-state index is 15.5. The molecule has 39 heavy (non-hydrogen) atoms. The van der Waals surface area contributed by atoms with Crippen molar-refractivity contribution in [2.24, 2.45) is 7.05 Å². The molecule has 0 saturated carbocycles. The summed E-state index contributed by atoms with van der Waals surface area (Å²) in [5, 5.41) is 17.3. The van der Waals surface area contributed by atoms with Gasteiger partial charge in [-0.1, -0.05) is 43.3 Å². The molecule has 0 saturated heterocycles. The molecule has 0 fully saturated rings. The van der Waals surface area contributed by atoms with E-state index in [1.165, 1.54) is 6.07 Å². The molecule has 0 aliphatic heterocycles. The Morgan fingerprint density at radius 3 is 2.62 bits per heavy atom.